The van der Waals surface area contributed by atoms with E-state index in [9.17, 15) is 0 Å². The van der Waals surface area contributed by atoms with Gasteiger partial charge in [0.05, 0.1) is 17.1 Å². The molecule has 0 aliphatic rings. The van der Waals surface area contributed by atoms with E-state index in [0.717, 1.165) is 16.5 Å². The molecule has 0 unspecified atom stereocenters. The van der Waals surface area contributed by atoms with Crippen LogP contribution in [0.1, 0.15) is 11.1 Å². The van der Waals surface area contributed by atoms with Gasteiger partial charge in [0, 0.05) is 23.2 Å². The molecule has 0 fully saturated rings. The van der Waals surface area contributed by atoms with Gasteiger partial charge in [0.25, 0.3) is 0 Å². The fourth-order valence-electron chi connectivity index (χ4n) is 1.96. The summed E-state index contributed by atoms with van der Waals surface area (Å²) in [4.78, 5) is 0. The Bertz CT molecular complexity index is 824. The maximum atomic E-state index is 8.87. The van der Waals surface area contributed by atoms with E-state index in [1.807, 2.05) is 65.4 Å². The Morgan fingerprint density at radius 1 is 0.895 bits per heavy atom. The van der Waals surface area contributed by atoms with Crippen LogP contribution >= 0.6 is 0 Å². The number of nitrogens with zero attached hydrogens (tertiary/aromatic N) is 2. The summed E-state index contributed by atoms with van der Waals surface area (Å²) in [5.74, 6) is 3.12. The van der Waals surface area contributed by atoms with Crippen LogP contribution in [-0.2, 0) is 0 Å². The summed E-state index contributed by atoms with van der Waals surface area (Å²) >= 11 is 0. The molecule has 2 nitrogen and oxygen atoms in total. The minimum atomic E-state index is 0.668. The number of benzene rings is 2. The van der Waals surface area contributed by atoms with Crippen LogP contribution in [0.5, 0.6) is 0 Å². The molecule has 0 saturated carbocycles. The largest absolute Gasteiger partial charge is 0.276 e. The van der Waals surface area contributed by atoms with E-state index in [1.165, 1.54) is 0 Å². The zero-order valence-electron chi connectivity index (χ0n) is 10.2. The van der Waals surface area contributed by atoms with E-state index in [4.69, 9.17) is 5.26 Å². The lowest BCUT2D eigenvalue weighted by molar-refractivity contribution is 1.20. The highest BCUT2D eigenvalue weighted by Gasteiger charge is 1.99. The van der Waals surface area contributed by atoms with Crippen LogP contribution in [0.4, 0.5) is 0 Å². The highest BCUT2D eigenvalue weighted by atomic mass is 14.9. The molecular weight excluding hydrogens is 232 g/mol. The Kier molecular flexibility index (Phi) is 2.77. The molecule has 1 heterocycles. The van der Waals surface area contributed by atoms with Gasteiger partial charge in [-0.2, -0.15) is 5.26 Å². The fraction of sp³-hybridized carbons (Fsp3) is 0. The van der Waals surface area contributed by atoms with Crippen molar-refractivity contribution in [3.05, 3.63) is 71.9 Å². The third-order valence-electron chi connectivity index (χ3n) is 2.91. The Morgan fingerprint density at radius 2 is 1.74 bits per heavy atom. The quantitative estimate of drug-likeness (QED) is 0.555. The maximum Gasteiger partial charge on any atom is 0.0991 e. The summed E-state index contributed by atoms with van der Waals surface area (Å²) in [5, 5.41) is 9.90. The van der Waals surface area contributed by atoms with Gasteiger partial charge in [0.15, 0.2) is 0 Å². The number of rotatable bonds is 0. The molecule has 0 aliphatic heterocycles. The number of fused-ring (bicyclic) bond motifs is 1. The monoisotopic (exact) mass is 242 g/mol. The van der Waals surface area contributed by atoms with E-state index >= 15 is 0 Å². The lowest BCUT2D eigenvalue weighted by Crippen LogP contribution is -1.86. The first kappa shape index (κ1) is 11.1. The molecule has 88 valence electrons. The van der Waals surface area contributed by atoms with Crippen LogP contribution in [0.25, 0.3) is 10.9 Å². The van der Waals surface area contributed by atoms with Crippen molar-refractivity contribution in [1.29, 1.82) is 5.26 Å². The molecule has 1 aromatic heterocycles. The van der Waals surface area contributed by atoms with E-state index in [1.54, 1.807) is 0 Å². The summed E-state index contributed by atoms with van der Waals surface area (Å²) < 4.78 is 1.88. The van der Waals surface area contributed by atoms with Crippen LogP contribution in [0, 0.1) is 23.3 Å². The van der Waals surface area contributed by atoms with Gasteiger partial charge < -0.3 is 0 Å². The second-order valence-electron chi connectivity index (χ2n) is 4.17. The summed E-state index contributed by atoms with van der Waals surface area (Å²) in [6.07, 6.45) is 1.92. The SMILES string of the molecule is N#Cc1ccc2c(ccn2C#Cc2ccccc2)c1. The molecular formula is C17H10N2. The predicted molar refractivity (Wildman–Crippen MR) is 75.4 cm³/mol. The van der Waals surface area contributed by atoms with Crippen molar-refractivity contribution in [3.63, 3.8) is 0 Å². The third-order valence-corrected chi connectivity index (χ3v) is 2.91. The zero-order valence-corrected chi connectivity index (χ0v) is 10.2. The first-order valence-corrected chi connectivity index (χ1v) is 5.95. The van der Waals surface area contributed by atoms with Crippen LogP contribution < -0.4 is 0 Å². The smallest absolute Gasteiger partial charge is 0.0991 e. The first-order chi connectivity index (χ1) is 9.36. The Hall–Kier alpha value is -2.97. The Labute approximate surface area is 111 Å². The van der Waals surface area contributed by atoms with E-state index < -0.39 is 0 Å². The average molecular weight is 242 g/mol. The van der Waals surface area contributed by atoms with Crippen molar-refractivity contribution in [2.75, 3.05) is 0 Å². The lowest BCUT2D eigenvalue weighted by atomic mass is 10.2. The highest BCUT2D eigenvalue weighted by molar-refractivity contribution is 5.82. The summed E-state index contributed by atoms with van der Waals surface area (Å²) in [6.45, 7) is 0. The molecule has 0 bridgehead atoms. The van der Waals surface area contributed by atoms with E-state index in [2.05, 4.69) is 18.0 Å². The Morgan fingerprint density at radius 3 is 2.53 bits per heavy atom. The summed E-state index contributed by atoms with van der Waals surface area (Å²) in [7, 11) is 0. The molecule has 0 radical (unpaired) electrons. The lowest BCUT2D eigenvalue weighted by Gasteiger charge is -1.95. The molecule has 0 spiro atoms. The number of aromatic nitrogens is 1. The van der Waals surface area contributed by atoms with Crippen molar-refractivity contribution < 1.29 is 0 Å². The molecule has 3 aromatic rings. The first-order valence-electron chi connectivity index (χ1n) is 5.95. The van der Waals surface area contributed by atoms with Crippen molar-refractivity contribution in [3.8, 4) is 18.0 Å². The second-order valence-corrected chi connectivity index (χ2v) is 4.17. The predicted octanol–water partition coefficient (Wildman–Crippen LogP) is 3.37. The third kappa shape index (κ3) is 2.20. The summed E-state index contributed by atoms with van der Waals surface area (Å²) in [5.41, 5.74) is 2.67. The van der Waals surface area contributed by atoms with Crippen molar-refractivity contribution in [2.45, 2.75) is 0 Å². The number of hydrogen-bond donors (Lipinski definition) is 0. The highest BCUT2D eigenvalue weighted by Crippen LogP contribution is 2.16. The van der Waals surface area contributed by atoms with Crippen molar-refractivity contribution in [2.24, 2.45) is 0 Å². The molecule has 0 amide bonds. The molecule has 0 atom stereocenters. The maximum absolute atomic E-state index is 8.87. The van der Waals surface area contributed by atoms with Gasteiger partial charge in [-0.15, -0.1) is 0 Å². The van der Waals surface area contributed by atoms with Gasteiger partial charge in [0.2, 0.25) is 0 Å². The van der Waals surface area contributed by atoms with Gasteiger partial charge in [-0.25, -0.2) is 0 Å². The summed E-state index contributed by atoms with van der Waals surface area (Å²) in [6, 6.07) is 22.7. The van der Waals surface area contributed by atoms with Crippen LogP contribution in [0.2, 0.25) is 0 Å². The molecule has 0 aliphatic carbocycles. The molecule has 0 N–H and O–H groups in total. The minimum Gasteiger partial charge on any atom is -0.276 e. The topological polar surface area (TPSA) is 28.7 Å². The molecule has 0 saturated heterocycles. The van der Waals surface area contributed by atoms with Crippen LogP contribution in [0.3, 0.4) is 0 Å². The van der Waals surface area contributed by atoms with Crippen molar-refractivity contribution >= 4 is 10.9 Å². The molecule has 3 rings (SSSR count). The standard InChI is InChI=1S/C17H10N2/c18-13-15-6-7-17-16(12-15)9-11-19(17)10-8-14-4-2-1-3-5-14/h1-7,9,11-12H. The molecule has 2 heteroatoms. The van der Waals surface area contributed by atoms with E-state index in [0.29, 0.717) is 5.56 Å². The molecule has 19 heavy (non-hydrogen) atoms. The van der Waals surface area contributed by atoms with Gasteiger partial charge >= 0.3 is 0 Å². The van der Waals surface area contributed by atoms with Crippen LogP contribution in [0.15, 0.2) is 60.8 Å². The second kappa shape index (κ2) is 4.72. The normalized spacial score (nSPS) is 9.63. The number of nitriles is 1. The average Bonchev–Trinajstić information content (AvgIpc) is 2.88. The Balaban J connectivity index is 2.04. The zero-order chi connectivity index (χ0) is 13.1. The molecule has 2 aromatic carbocycles. The fourth-order valence-corrected chi connectivity index (χ4v) is 1.96. The van der Waals surface area contributed by atoms with Crippen LogP contribution in [-0.4, -0.2) is 4.57 Å². The van der Waals surface area contributed by atoms with Gasteiger partial charge in [-0.05, 0) is 42.3 Å². The minimum absolute atomic E-state index is 0.668. The van der Waals surface area contributed by atoms with Gasteiger partial charge in [-0.1, -0.05) is 18.2 Å². The number of hydrogen-bond acceptors (Lipinski definition) is 1. The van der Waals surface area contributed by atoms with Gasteiger partial charge in [-0.3, -0.25) is 4.57 Å². The van der Waals surface area contributed by atoms with E-state index in [-0.39, 0.29) is 0 Å². The van der Waals surface area contributed by atoms with Gasteiger partial charge in [0.1, 0.15) is 0 Å². The van der Waals surface area contributed by atoms with Crippen molar-refractivity contribution in [1.82, 2.24) is 4.57 Å².